The Labute approximate surface area is 136 Å². The van der Waals surface area contributed by atoms with E-state index in [4.69, 9.17) is 0 Å². The van der Waals surface area contributed by atoms with Crippen molar-refractivity contribution in [1.29, 1.82) is 0 Å². The second-order valence-electron chi connectivity index (χ2n) is 4.61. The molecule has 0 bridgehead atoms. The van der Waals surface area contributed by atoms with Crippen LogP contribution in [0.2, 0.25) is 0 Å². The molecule has 0 fully saturated rings. The summed E-state index contributed by atoms with van der Waals surface area (Å²) in [6.45, 7) is -0.582. The number of thioether (sulfide) groups is 1. The summed E-state index contributed by atoms with van der Waals surface area (Å²) < 4.78 is 28.3. The van der Waals surface area contributed by atoms with Gasteiger partial charge < -0.3 is 10.1 Å². The summed E-state index contributed by atoms with van der Waals surface area (Å²) in [5, 5.41) is 9.94. The maximum absolute atomic E-state index is 12.0. The summed E-state index contributed by atoms with van der Waals surface area (Å²) in [6.07, 6.45) is 0.602. The maximum Gasteiger partial charge on any atom is 0.387 e. The fourth-order valence-electron chi connectivity index (χ4n) is 1.75. The number of nitrogens with zero attached hydrogens (tertiary/aromatic N) is 2. The van der Waals surface area contributed by atoms with E-state index in [1.807, 2.05) is 0 Å². The SMILES string of the molecule is Cc1nc(SCC(=O)NCCc2ccc(OC(F)F)cc2)n[nH]1. The van der Waals surface area contributed by atoms with E-state index in [9.17, 15) is 13.6 Å². The zero-order valence-electron chi connectivity index (χ0n) is 12.4. The minimum atomic E-state index is -2.83. The zero-order valence-corrected chi connectivity index (χ0v) is 13.2. The van der Waals surface area contributed by atoms with Crippen LogP contribution in [0.5, 0.6) is 5.75 Å². The number of alkyl halides is 2. The number of carbonyl (C=O) groups excluding carboxylic acids is 1. The van der Waals surface area contributed by atoms with Crippen LogP contribution in [0.25, 0.3) is 0 Å². The molecule has 1 amide bonds. The van der Waals surface area contributed by atoms with Crippen molar-refractivity contribution in [3.8, 4) is 5.75 Å². The van der Waals surface area contributed by atoms with Crippen LogP contribution in [-0.2, 0) is 11.2 Å². The third-order valence-electron chi connectivity index (χ3n) is 2.79. The molecule has 0 saturated carbocycles. The van der Waals surface area contributed by atoms with Crippen LogP contribution < -0.4 is 10.1 Å². The highest BCUT2D eigenvalue weighted by molar-refractivity contribution is 7.99. The lowest BCUT2D eigenvalue weighted by Crippen LogP contribution is -2.27. The Morgan fingerprint density at radius 3 is 2.74 bits per heavy atom. The van der Waals surface area contributed by atoms with Crippen LogP contribution in [0.3, 0.4) is 0 Å². The molecule has 1 aromatic carbocycles. The van der Waals surface area contributed by atoms with E-state index in [0.717, 1.165) is 5.56 Å². The van der Waals surface area contributed by atoms with Gasteiger partial charge in [0.05, 0.1) is 5.75 Å². The third-order valence-corrected chi connectivity index (χ3v) is 3.64. The van der Waals surface area contributed by atoms with E-state index >= 15 is 0 Å². The van der Waals surface area contributed by atoms with Crippen molar-refractivity contribution >= 4 is 17.7 Å². The Hall–Kier alpha value is -2.16. The summed E-state index contributed by atoms with van der Waals surface area (Å²) >= 11 is 1.25. The molecule has 2 N–H and O–H groups in total. The van der Waals surface area contributed by atoms with Crippen LogP contribution in [0.4, 0.5) is 8.78 Å². The molecule has 124 valence electrons. The molecule has 0 radical (unpaired) electrons. The molecule has 2 rings (SSSR count). The number of H-pyrrole nitrogens is 1. The molecule has 23 heavy (non-hydrogen) atoms. The molecule has 0 spiro atoms. The number of halogens is 2. The first kappa shape index (κ1) is 17.2. The Bertz CT molecular complexity index is 634. The molecular weight excluding hydrogens is 326 g/mol. The van der Waals surface area contributed by atoms with Gasteiger partial charge in [-0.15, -0.1) is 5.10 Å². The van der Waals surface area contributed by atoms with Crippen LogP contribution in [0.15, 0.2) is 29.4 Å². The van der Waals surface area contributed by atoms with E-state index in [1.165, 1.54) is 23.9 Å². The number of hydrogen-bond donors (Lipinski definition) is 2. The number of carbonyl (C=O) groups is 1. The normalized spacial score (nSPS) is 10.8. The highest BCUT2D eigenvalue weighted by Gasteiger charge is 2.06. The molecule has 9 heteroatoms. The molecule has 2 aromatic rings. The van der Waals surface area contributed by atoms with Crippen molar-refractivity contribution in [3.63, 3.8) is 0 Å². The number of amides is 1. The summed E-state index contributed by atoms with van der Waals surface area (Å²) in [4.78, 5) is 15.8. The summed E-state index contributed by atoms with van der Waals surface area (Å²) in [5.41, 5.74) is 0.921. The number of aromatic nitrogens is 3. The number of hydrogen-bond acceptors (Lipinski definition) is 5. The Kier molecular flexibility index (Phi) is 6.33. The largest absolute Gasteiger partial charge is 0.435 e. The number of benzene rings is 1. The monoisotopic (exact) mass is 342 g/mol. The highest BCUT2D eigenvalue weighted by Crippen LogP contribution is 2.15. The molecular formula is C14H16F2N4O2S. The van der Waals surface area contributed by atoms with Gasteiger partial charge in [0.2, 0.25) is 11.1 Å². The predicted octanol–water partition coefficient (Wildman–Crippen LogP) is 2.17. The average Bonchev–Trinajstić information content (AvgIpc) is 2.92. The van der Waals surface area contributed by atoms with Gasteiger partial charge in [-0.1, -0.05) is 23.9 Å². The van der Waals surface area contributed by atoms with Gasteiger partial charge in [0.1, 0.15) is 11.6 Å². The molecule has 1 heterocycles. The fraction of sp³-hybridized carbons (Fsp3) is 0.357. The molecule has 6 nitrogen and oxygen atoms in total. The van der Waals surface area contributed by atoms with Crippen LogP contribution in [-0.4, -0.2) is 40.0 Å². The van der Waals surface area contributed by atoms with Gasteiger partial charge in [-0.05, 0) is 31.0 Å². The van der Waals surface area contributed by atoms with Crippen molar-refractivity contribution < 1.29 is 18.3 Å². The van der Waals surface area contributed by atoms with Crippen molar-refractivity contribution in [1.82, 2.24) is 20.5 Å². The highest BCUT2D eigenvalue weighted by atomic mass is 32.2. The van der Waals surface area contributed by atoms with E-state index < -0.39 is 6.61 Å². The first-order valence-corrected chi connectivity index (χ1v) is 7.84. The van der Waals surface area contributed by atoms with Gasteiger partial charge in [0.25, 0.3) is 0 Å². The lowest BCUT2D eigenvalue weighted by Gasteiger charge is -2.07. The predicted molar refractivity (Wildman–Crippen MR) is 81.6 cm³/mol. The van der Waals surface area contributed by atoms with Gasteiger partial charge in [-0.2, -0.15) is 8.78 Å². The van der Waals surface area contributed by atoms with Gasteiger partial charge in [0, 0.05) is 6.54 Å². The number of nitrogens with one attached hydrogen (secondary N) is 2. The van der Waals surface area contributed by atoms with Crippen LogP contribution in [0.1, 0.15) is 11.4 Å². The van der Waals surface area contributed by atoms with Crippen molar-refractivity contribution in [2.45, 2.75) is 25.1 Å². The smallest absolute Gasteiger partial charge is 0.387 e. The molecule has 0 aliphatic heterocycles. The number of ether oxygens (including phenoxy) is 1. The lowest BCUT2D eigenvalue weighted by molar-refractivity contribution is -0.118. The zero-order chi connectivity index (χ0) is 16.7. The van der Waals surface area contributed by atoms with Crippen molar-refractivity contribution in [3.05, 3.63) is 35.7 Å². The summed E-state index contributed by atoms with van der Waals surface area (Å²) in [6, 6.07) is 6.33. The maximum atomic E-state index is 12.0. The van der Waals surface area contributed by atoms with Gasteiger partial charge in [-0.3, -0.25) is 9.89 Å². The van der Waals surface area contributed by atoms with Crippen LogP contribution in [0, 0.1) is 6.92 Å². The lowest BCUT2D eigenvalue weighted by atomic mass is 10.1. The topological polar surface area (TPSA) is 79.9 Å². The van der Waals surface area contributed by atoms with Gasteiger partial charge in [-0.25, -0.2) is 4.98 Å². The molecule has 0 unspecified atom stereocenters. The first-order valence-electron chi connectivity index (χ1n) is 6.85. The minimum absolute atomic E-state index is 0.116. The van der Waals surface area contributed by atoms with Crippen LogP contribution >= 0.6 is 11.8 Å². The Balaban J connectivity index is 1.66. The summed E-state index contributed by atoms with van der Waals surface area (Å²) in [5.74, 6) is 0.937. The van der Waals surface area contributed by atoms with Crippen molar-refractivity contribution in [2.75, 3.05) is 12.3 Å². The second kappa shape index (κ2) is 8.47. The van der Waals surface area contributed by atoms with Gasteiger partial charge >= 0.3 is 6.61 Å². The quantitative estimate of drug-likeness (QED) is 0.719. The second-order valence-corrected chi connectivity index (χ2v) is 5.56. The average molecular weight is 342 g/mol. The standard InChI is InChI=1S/C14H16F2N4O2S/c1-9-18-14(20-19-9)23-8-12(21)17-7-6-10-2-4-11(5-3-10)22-13(15)16/h2-5,13H,6-8H2,1H3,(H,17,21)(H,18,19,20). The van der Waals surface area contributed by atoms with E-state index in [2.05, 4.69) is 25.2 Å². The van der Waals surface area contributed by atoms with E-state index in [1.54, 1.807) is 19.1 Å². The van der Waals surface area contributed by atoms with Crippen molar-refractivity contribution in [2.24, 2.45) is 0 Å². The molecule has 0 aliphatic carbocycles. The first-order chi connectivity index (χ1) is 11.0. The molecule has 0 atom stereocenters. The number of rotatable bonds is 8. The molecule has 1 aromatic heterocycles. The minimum Gasteiger partial charge on any atom is -0.435 e. The fourth-order valence-corrected chi connectivity index (χ4v) is 2.43. The Morgan fingerprint density at radius 1 is 1.39 bits per heavy atom. The Morgan fingerprint density at radius 2 is 2.13 bits per heavy atom. The number of aromatic amines is 1. The van der Waals surface area contributed by atoms with E-state index in [0.29, 0.717) is 23.9 Å². The van der Waals surface area contributed by atoms with Gasteiger partial charge in [0.15, 0.2) is 0 Å². The molecule has 0 aliphatic rings. The number of aryl methyl sites for hydroxylation is 1. The molecule has 0 saturated heterocycles. The van der Waals surface area contributed by atoms with E-state index in [-0.39, 0.29) is 17.4 Å². The summed E-state index contributed by atoms with van der Waals surface area (Å²) in [7, 11) is 0. The third kappa shape index (κ3) is 6.23.